The maximum atomic E-state index is 14.6. The van der Waals surface area contributed by atoms with E-state index in [9.17, 15) is 9.59 Å². The molecule has 0 N–H and O–H groups in total. The number of nitrogens with zero attached hydrogens (tertiary/aromatic N) is 3. The summed E-state index contributed by atoms with van der Waals surface area (Å²) in [5.41, 5.74) is 5.96. The van der Waals surface area contributed by atoms with Crippen molar-refractivity contribution in [2.75, 3.05) is 44.3 Å². The van der Waals surface area contributed by atoms with Crippen molar-refractivity contribution < 1.29 is 19.1 Å². The third-order valence-corrected chi connectivity index (χ3v) is 8.76. The smallest absolute Gasteiger partial charge is 0.254 e. The summed E-state index contributed by atoms with van der Waals surface area (Å²) in [7, 11) is 0. The minimum absolute atomic E-state index is 0.00953. The molecule has 3 heterocycles. The van der Waals surface area contributed by atoms with Gasteiger partial charge in [0.05, 0.1) is 25.2 Å². The Bertz CT molecular complexity index is 1450. The summed E-state index contributed by atoms with van der Waals surface area (Å²) in [5, 5.41) is 0. The van der Waals surface area contributed by atoms with Crippen molar-refractivity contribution in [1.29, 1.82) is 0 Å². The van der Waals surface area contributed by atoms with Crippen molar-refractivity contribution >= 4 is 17.5 Å². The lowest BCUT2D eigenvalue weighted by Gasteiger charge is -2.48. The van der Waals surface area contributed by atoms with Crippen LogP contribution in [0.2, 0.25) is 0 Å². The van der Waals surface area contributed by atoms with E-state index < -0.39 is 12.0 Å². The zero-order valence-electron chi connectivity index (χ0n) is 24.4. The number of fused-ring (bicyclic) bond motifs is 4. The van der Waals surface area contributed by atoms with E-state index in [1.165, 1.54) is 11.3 Å². The molecule has 0 aliphatic carbocycles. The third-order valence-electron chi connectivity index (χ3n) is 8.76. The van der Waals surface area contributed by atoms with Gasteiger partial charge >= 0.3 is 0 Å². The maximum absolute atomic E-state index is 14.6. The number of aryl methyl sites for hydroxylation is 1. The van der Waals surface area contributed by atoms with Crippen LogP contribution in [0.15, 0.2) is 60.7 Å². The van der Waals surface area contributed by atoms with Gasteiger partial charge in [0.25, 0.3) is 5.91 Å². The highest BCUT2D eigenvalue weighted by Crippen LogP contribution is 2.49. The van der Waals surface area contributed by atoms with Gasteiger partial charge in [-0.1, -0.05) is 35.9 Å². The van der Waals surface area contributed by atoms with Gasteiger partial charge in [-0.15, -0.1) is 0 Å². The second-order valence-electron chi connectivity index (χ2n) is 11.3. The SMILES string of the molecule is CCOc1cc2c(cc1OCC)C1C(C(=O)N3CCN(c4ccc(C)cc4)C(C)C3)c3ccccc3C(=O)N1CC2. The highest BCUT2D eigenvalue weighted by Gasteiger charge is 2.48. The number of hydrogen-bond acceptors (Lipinski definition) is 5. The van der Waals surface area contributed by atoms with Gasteiger partial charge in [-0.2, -0.15) is 0 Å². The Hall–Kier alpha value is -4.00. The van der Waals surface area contributed by atoms with E-state index in [1.54, 1.807) is 0 Å². The Balaban J connectivity index is 1.38. The molecule has 3 aliphatic rings. The summed E-state index contributed by atoms with van der Waals surface area (Å²) in [4.78, 5) is 34.7. The van der Waals surface area contributed by atoms with Crippen LogP contribution >= 0.6 is 0 Å². The van der Waals surface area contributed by atoms with E-state index in [4.69, 9.17) is 9.47 Å². The van der Waals surface area contributed by atoms with Crippen LogP contribution in [-0.4, -0.2) is 67.0 Å². The number of carbonyl (C=O) groups excluding carboxylic acids is 2. The summed E-state index contributed by atoms with van der Waals surface area (Å²) in [6.45, 7) is 11.8. The fourth-order valence-corrected chi connectivity index (χ4v) is 6.81. The van der Waals surface area contributed by atoms with Crippen LogP contribution in [0.3, 0.4) is 0 Å². The number of rotatable bonds is 6. The molecule has 0 radical (unpaired) electrons. The minimum atomic E-state index is -0.492. The Morgan fingerprint density at radius 3 is 2.29 bits per heavy atom. The molecule has 214 valence electrons. The molecule has 0 aromatic heterocycles. The predicted octanol–water partition coefficient (Wildman–Crippen LogP) is 5.37. The molecule has 7 nitrogen and oxygen atoms in total. The molecule has 3 aliphatic heterocycles. The number of amides is 2. The van der Waals surface area contributed by atoms with Gasteiger partial charge in [0.15, 0.2) is 11.5 Å². The first-order valence-electron chi connectivity index (χ1n) is 14.9. The molecular formula is C34H39N3O4. The second kappa shape index (κ2) is 11.1. The van der Waals surface area contributed by atoms with Gasteiger partial charge in [-0.05, 0) is 81.1 Å². The lowest BCUT2D eigenvalue weighted by Crippen LogP contribution is -2.57. The maximum Gasteiger partial charge on any atom is 0.254 e. The zero-order chi connectivity index (χ0) is 28.7. The zero-order valence-corrected chi connectivity index (χ0v) is 24.4. The van der Waals surface area contributed by atoms with Gasteiger partial charge in [-0.25, -0.2) is 0 Å². The molecule has 3 atom stereocenters. The molecule has 1 saturated heterocycles. The van der Waals surface area contributed by atoms with E-state index >= 15 is 0 Å². The van der Waals surface area contributed by atoms with Gasteiger partial charge in [0.2, 0.25) is 5.91 Å². The Kier molecular flexibility index (Phi) is 7.37. The van der Waals surface area contributed by atoms with E-state index in [-0.39, 0.29) is 17.9 Å². The monoisotopic (exact) mass is 553 g/mol. The highest BCUT2D eigenvalue weighted by molar-refractivity contribution is 6.01. The van der Waals surface area contributed by atoms with E-state index in [2.05, 4.69) is 49.1 Å². The quantitative estimate of drug-likeness (QED) is 0.411. The van der Waals surface area contributed by atoms with Crippen molar-refractivity contribution in [2.45, 2.75) is 52.1 Å². The summed E-state index contributed by atoms with van der Waals surface area (Å²) >= 11 is 0. The van der Waals surface area contributed by atoms with Gasteiger partial charge < -0.3 is 24.2 Å². The van der Waals surface area contributed by atoms with Crippen LogP contribution in [0, 0.1) is 6.92 Å². The first kappa shape index (κ1) is 27.2. The molecular weight excluding hydrogens is 514 g/mol. The molecule has 0 spiro atoms. The number of carbonyl (C=O) groups is 2. The summed E-state index contributed by atoms with van der Waals surface area (Å²) in [6, 6.07) is 20.1. The molecule has 1 fully saturated rings. The third kappa shape index (κ3) is 4.81. The molecule has 41 heavy (non-hydrogen) atoms. The van der Waals surface area contributed by atoms with Crippen LogP contribution in [0.25, 0.3) is 0 Å². The average molecular weight is 554 g/mol. The fraction of sp³-hybridized carbons (Fsp3) is 0.412. The topological polar surface area (TPSA) is 62.3 Å². The van der Waals surface area contributed by atoms with Crippen molar-refractivity contribution in [1.82, 2.24) is 9.80 Å². The molecule has 3 unspecified atom stereocenters. The first-order chi connectivity index (χ1) is 19.9. The molecule has 7 heteroatoms. The largest absolute Gasteiger partial charge is 0.490 e. The van der Waals surface area contributed by atoms with Crippen molar-refractivity contribution in [2.24, 2.45) is 0 Å². The highest BCUT2D eigenvalue weighted by atomic mass is 16.5. The lowest BCUT2D eigenvalue weighted by molar-refractivity contribution is -0.135. The standard InChI is InChI=1S/C34H39N3O4/c1-5-40-29-19-24-15-16-37-32(28(24)20-30(29)41-6-2)31(26-9-7-8-10-27(26)33(37)38)34(39)35-17-18-36(23(4)21-35)25-13-11-22(3)12-14-25/h7-14,19-20,23,31-32H,5-6,15-18,21H2,1-4H3. The van der Waals surface area contributed by atoms with E-state index in [0.717, 1.165) is 23.2 Å². The summed E-state index contributed by atoms with van der Waals surface area (Å²) < 4.78 is 11.9. The second-order valence-corrected chi connectivity index (χ2v) is 11.3. The number of anilines is 1. The Morgan fingerprint density at radius 2 is 1.59 bits per heavy atom. The van der Waals surface area contributed by atoms with Gasteiger partial charge in [0, 0.05) is 43.5 Å². The minimum Gasteiger partial charge on any atom is -0.490 e. The number of benzene rings is 3. The van der Waals surface area contributed by atoms with Crippen LogP contribution in [0.4, 0.5) is 5.69 Å². The predicted molar refractivity (Wildman–Crippen MR) is 160 cm³/mol. The Labute approximate surface area is 242 Å². The number of piperazine rings is 1. The molecule has 2 amide bonds. The van der Waals surface area contributed by atoms with E-state index in [0.29, 0.717) is 56.3 Å². The van der Waals surface area contributed by atoms with Crippen molar-refractivity contribution in [3.63, 3.8) is 0 Å². The molecule has 0 bridgehead atoms. The van der Waals surface area contributed by atoms with Gasteiger partial charge in [0.1, 0.15) is 0 Å². The fourth-order valence-electron chi connectivity index (χ4n) is 6.81. The van der Waals surface area contributed by atoms with Crippen molar-refractivity contribution in [3.8, 4) is 11.5 Å². The van der Waals surface area contributed by atoms with E-state index in [1.807, 2.05) is 54.0 Å². The number of hydrogen-bond donors (Lipinski definition) is 0. The average Bonchev–Trinajstić information content (AvgIpc) is 2.98. The van der Waals surface area contributed by atoms with Crippen LogP contribution in [-0.2, 0) is 11.2 Å². The molecule has 6 rings (SSSR count). The van der Waals surface area contributed by atoms with Crippen LogP contribution in [0.5, 0.6) is 11.5 Å². The lowest BCUT2D eigenvalue weighted by atomic mass is 9.75. The normalized spacial score (nSPS) is 21.6. The molecule has 3 aromatic carbocycles. The summed E-state index contributed by atoms with van der Waals surface area (Å²) in [6.07, 6.45) is 0.708. The molecule has 3 aromatic rings. The van der Waals surface area contributed by atoms with Gasteiger partial charge in [-0.3, -0.25) is 9.59 Å². The Morgan fingerprint density at radius 1 is 0.878 bits per heavy atom. The van der Waals surface area contributed by atoms with Crippen LogP contribution < -0.4 is 14.4 Å². The summed E-state index contributed by atoms with van der Waals surface area (Å²) in [5.74, 6) is 0.953. The molecule has 0 saturated carbocycles. The number of ether oxygens (including phenoxy) is 2. The van der Waals surface area contributed by atoms with Crippen LogP contribution in [0.1, 0.15) is 65.3 Å². The van der Waals surface area contributed by atoms with Crippen molar-refractivity contribution in [3.05, 3.63) is 88.5 Å². The first-order valence-corrected chi connectivity index (χ1v) is 14.9.